The number of fused-ring (bicyclic) bond motifs is 2. The van der Waals surface area contributed by atoms with Crippen molar-refractivity contribution in [1.29, 1.82) is 0 Å². The third kappa shape index (κ3) is 3.35. The molecule has 0 radical (unpaired) electrons. The number of nitrogens with one attached hydrogen (secondary N) is 4. The maximum atomic E-state index is 14.3. The average molecular weight is 438 g/mol. The second kappa shape index (κ2) is 7.64. The van der Waals surface area contributed by atoms with Crippen LogP contribution in [0, 0.1) is 5.82 Å². The van der Waals surface area contributed by atoms with E-state index in [1.165, 1.54) is 12.1 Å². The van der Waals surface area contributed by atoms with Crippen LogP contribution in [0.2, 0.25) is 0 Å². The molecule has 0 fully saturated rings. The lowest BCUT2D eigenvalue weighted by Gasteiger charge is -2.07. The lowest BCUT2D eigenvalue weighted by atomic mass is 10.0. The predicted octanol–water partition coefficient (Wildman–Crippen LogP) is 4.42. The number of aromatic nitrogens is 7. The van der Waals surface area contributed by atoms with Gasteiger partial charge in [-0.15, -0.1) is 0 Å². The zero-order valence-electron chi connectivity index (χ0n) is 17.6. The molecule has 33 heavy (non-hydrogen) atoms. The Balaban J connectivity index is 1.49. The standard InChI is InChI=1S/C24H19FN8/c1-26-10-13-6-15(8-17(25)7-13)18-4-5-27-23-21(18)30-24(31-23)22-19-9-14(16-11-28-29-12-16)2-3-20(19)32-33-22/h2-9,11-12,26H,10H2,1H3,(H,28,29)(H,32,33)(H,27,30,31). The quantitative estimate of drug-likeness (QED) is 0.319. The van der Waals surface area contributed by atoms with Crippen LogP contribution < -0.4 is 5.32 Å². The Morgan fingerprint density at radius 1 is 1.03 bits per heavy atom. The third-order valence-electron chi connectivity index (χ3n) is 5.66. The third-order valence-corrected chi connectivity index (χ3v) is 5.66. The van der Waals surface area contributed by atoms with Gasteiger partial charge in [0.2, 0.25) is 0 Å². The van der Waals surface area contributed by atoms with Crippen LogP contribution in [0.4, 0.5) is 4.39 Å². The molecule has 0 amide bonds. The van der Waals surface area contributed by atoms with Crippen molar-refractivity contribution in [3.8, 4) is 33.8 Å². The Labute approximate surface area is 187 Å². The SMILES string of the molecule is CNCc1cc(F)cc(-c2ccnc3nc(-c4n[nH]c5ccc(-c6cn[nH]c6)cc45)[nH]c23)c1. The number of rotatable bonds is 5. The van der Waals surface area contributed by atoms with Crippen LogP contribution in [0.5, 0.6) is 0 Å². The molecule has 0 aliphatic heterocycles. The summed E-state index contributed by atoms with van der Waals surface area (Å²) in [5.74, 6) is 0.305. The van der Waals surface area contributed by atoms with E-state index in [-0.39, 0.29) is 5.82 Å². The lowest BCUT2D eigenvalue weighted by Crippen LogP contribution is -2.05. The molecule has 0 saturated carbocycles. The van der Waals surface area contributed by atoms with E-state index >= 15 is 0 Å². The minimum absolute atomic E-state index is 0.285. The number of hydrogen-bond acceptors (Lipinski definition) is 5. The van der Waals surface area contributed by atoms with Gasteiger partial charge in [0.1, 0.15) is 11.5 Å². The van der Waals surface area contributed by atoms with E-state index in [1.807, 2.05) is 37.5 Å². The molecule has 162 valence electrons. The van der Waals surface area contributed by atoms with Gasteiger partial charge in [-0.3, -0.25) is 10.2 Å². The Morgan fingerprint density at radius 2 is 1.97 bits per heavy atom. The van der Waals surface area contributed by atoms with Crippen molar-refractivity contribution in [2.75, 3.05) is 7.05 Å². The van der Waals surface area contributed by atoms with Crippen LogP contribution in [-0.2, 0) is 6.54 Å². The Bertz CT molecular complexity index is 1600. The number of halogens is 1. The van der Waals surface area contributed by atoms with E-state index in [0.717, 1.165) is 44.2 Å². The lowest BCUT2D eigenvalue weighted by molar-refractivity contribution is 0.624. The van der Waals surface area contributed by atoms with Crippen molar-refractivity contribution in [2.45, 2.75) is 6.54 Å². The van der Waals surface area contributed by atoms with Crippen LogP contribution in [0.3, 0.4) is 0 Å². The molecule has 0 unspecified atom stereocenters. The van der Waals surface area contributed by atoms with Gasteiger partial charge < -0.3 is 10.3 Å². The molecule has 6 rings (SSSR count). The molecule has 0 aliphatic rings. The van der Waals surface area contributed by atoms with Crippen molar-refractivity contribution < 1.29 is 4.39 Å². The van der Waals surface area contributed by atoms with Crippen molar-refractivity contribution >= 4 is 22.1 Å². The van der Waals surface area contributed by atoms with Gasteiger partial charge in [0.25, 0.3) is 0 Å². The van der Waals surface area contributed by atoms with Crippen molar-refractivity contribution in [2.24, 2.45) is 0 Å². The molecule has 8 nitrogen and oxygen atoms in total. The van der Waals surface area contributed by atoms with Crippen molar-refractivity contribution in [3.63, 3.8) is 0 Å². The highest BCUT2D eigenvalue weighted by Gasteiger charge is 2.17. The molecule has 4 aromatic heterocycles. The highest BCUT2D eigenvalue weighted by Crippen LogP contribution is 2.33. The first-order valence-electron chi connectivity index (χ1n) is 10.5. The summed E-state index contributed by atoms with van der Waals surface area (Å²) in [6, 6.07) is 12.9. The topological polar surface area (TPSA) is 111 Å². The van der Waals surface area contributed by atoms with E-state index in [2.05, 4.69) is 41.7 Å². The maximum absolute atomic E-state index is 14.3. The largest absolute Gasteiger partial charge is 0.335 e. The number of nitrogens with zero attached hydrogens (tertiary/aromatic N) is 4. The van der Waals surface area contributed by atoms with Crippen LogP contribution in [0.15, 0.2) is 61.1 Å². The Hall–Kier alpha value is -4.37. The zero-order valence-corrected chi connectivity index (χ0v) is 17.6. The fourth-order valence-corrected chi connectivity index (χ4v) is 4.16. The molecular formula is C24H19FN8. The number of H-pyrrole nitrogens is 3. The molecule has 0 atom stereocenters. The molecule has 2 aromatic carbocycles. The van der Waals surface area contributed by atoms with Gasteiger partial charge in [0.05, 0.1) is 17.2 Å². The first kappa shape index (κ1) is 19.3. The zero-order chi connectivity index (χ0) is 22.4. The molecule has 0 aliphatic carbocycles. The van der Waals surface area contributed by atoms with Crippen molar-refractivity contribution in [3.05, 3.63) is 72.4 Å². The normalized spacial score (nSPS) is 11.6. The Morgan fingerprint density at radius 3 is 2.82 bits per heavy atom. The first-order valence-corrected chi connectivity index (χ1v) is 10.5. The molecule has 0 spiro atoms. The minimum Gasteiger partial charge on any atom is -0.335 e. The summed E-state index contributed by atoms with van der Waals surface area (Å²) in [5, 5.41) is 18.4. The summed E-state index contributed by atoms with van der Waals surface area (Å²) in [6.45, 7) is 0.575. The van der Waals surface area contributed by atoms with Gasteiger partial charge in [0, 0.05) is 35.5 Å². The summed E-state index contributed by atoms with van der Waals surface area (Å²) in [6.07, 6.45) is 5.31. The molecule has 4 heterocycles. The fourth-order valence-electron chi connectivity index (χ4n) is 4.16. The van der Waals surface area contributed by atoms with Gasteiger partial charge in [-0.1, -0.05) is 6.07 Å². The molecule has 4 N–H and O–H groups in total. The van der Waals surface area contributed by atoms with E-state index in [9.17, 15) is 4.39 Å². The second-order valence-electron chi connectivity index (χ2n) is 7.84. The molecule has 6 aromatic rings. The summed E-state index contributed by atoms with van der Waals surface area (Å²) >= 11 is 0. The van der Waals surface area contributed by atoms with Gasteiger partial charge in [-0.25, -0.2) is 14.4 Å². The molecule has 0 saturated heterocycles. The van der Waals surface area contributed by atoms with E-state index < -0.39 is 0 Å². The molecule has 9 heteroatoms. The van der Waals surface area contributed by atoms with Crippen molar-refractivity contribution in [1.82, 2.24) is 40.7 Å². The van der Waals surface area contributed by atoms with E-state index in [0.29, 0.717) is 23.7 Å². The molecule has 0 bridgehead atoms. The summed E-state index contributed by atoms with van der Waals surface area (Å²) in [4.78, 5) is 12.5. The highest BCUT2D eigenvalue weighted by molar-refractivity contribution is 5.97. The minimum atomic E-state index is -0.285. The number of hydrogen-bond donors (Lipinski definition) is 4. The Kier molecular flexibility index (Phi) is 4.48. The van der Waals surface area contributed by atoms with Gasteiger partial charge in [-0.2, -0.15) is 10.2 Å². The first-order chi connectivity index (χ1) is 16.2. The van der Waals surface area contributed by atoms with Crippen LogP contribution in [-0.4, -0.2) is 42.4 Å². The number of benzene rings is 2. The summed E-state index contributed by atoms with van der Waals surface area (Å²) in [5.41, 5.74) is 7.32. The molecular weight excluding hydrogens is 419 g/mol. The van der Waals surface area contributed by atoms with Gasteiger partial charge in [0.15, 0.2) is 11.5 Å². The maximum Gasteiger partial charge on any atom is 0.178 e. The number of imidazole rings is 1. The second-order valence-corrected chi connectivity index (χ2v) is 7.84. The van der Waals surface area contributed by atoms with Gasteiger partial charge >= 0.3 is 0 Å². The van der Waals surface area contributed by atoms with Crippen LogP contribution in [0.1, 0.15) is 5.56 Å². The highest BCUT2D eigenvalue weighted by atomic mass is 19.1. The van der Waals surface area contributed by atoms with Gasteiger partial charge in [-0.05, 0) is 60.1 Å². The smallest absolute Gasteiger partial charge is 0.178 e. The summed E-state index contributed by atoms with van der Waals surface area (Å²) < 4.78 is 14.3. The predicted molar refractivity (Wildman–Crippen MR) is 125 cm³/mol. The summed E-state index contributed by atoms with van der Waals surface area (Å²) in [7, 11) is 1.84. The van der Waals surface area contributed by atoms with E-state index in [1.54, 1.807) is 12.4 Å². The van der Waals surface area contributed by atoms with E-state index in [4.69, 9.17) is 4.98 Å². The van der Waals surface area contributed by atoms with Crippen LogP contribution >= 0.6 is 0 Å². The number of pyridine rings is 1. The monoisotopic (exact) mass is 438 g/mol. The fraction of sp³-hybridized carbons (Fsp3) is 0.0833. The number of aromatic amines is 3. The average Bonchev–Trinajstić information content (AvgIpc) is 3.57. The van der Waals surface area contributed by atoms with Crippen LogP contribution in [0.25, 0.3) is 55.8 Å².